The van der Waals surface area contributed by atoms with Crippen molar-refractivity contribution in [2.45, 2.75) is 51.7 Å². The van der Waals surface area contributed by atoms with Crippen molar-refractivity contribution in [1.29, 1.82) is 0 Å². The van der Waals surface area contributed by atoms with Crippen LogP contribution in [0.2, 0.25) is 0 Å². The maximum atomic E-state index is 13.2. The largest absolute Gasteiger partial charge is 0.416 e. The minimum Gasteiger partial charge on any atom is -0.416 e. The predicted octanol–water partition coefficient (Wildman–Crippen LogP) is 3.01. The van der Waals surface area contributed by atoms with Crippen LogP contribution in [0.4, 0.5) is 11.6 Å². The second kappa shape index (κ2) is 11.1. The molecule has 0 radical (unpaired) electrons. The molecule has 2 atom stereocenters. The first-order chi connectivity index (χ1) is 19.0. The summed E-state index contributed by atoms with van der Waals surface area (Å²) in [6.45, 7) is 9.38. The first-order valence-electron chi connectivity index (χ1n) is 13.3. The Labute approximate surface area is 232 Å². The Hall–Kier alpha value is -4.16. The molecule has 1 aliphatic heterocycles. The summed E-state index contributed by atoms with van der Waals surface area (Å²) in [6, 6.07) is 7.68. The van der Waals surface area contributed by atoms with Gasteiger partial charge in [0.1, 0.15) is 0 Å². The van der Waals surface area contributed by atoms with Gasteiger partial charge in [-0.15, -0.1) is 10.2 Å². The number of aliphatic hydroxyl groups excluding tert-OH is 1. The van der Waals surface area contributed by atoms with Gasteiger partial charge in [-0.25, -0.2) is 9.97 Å². The fourth-order valence-electron chi connectivity index (χ4n) is 4.74. The summed E-state index contributed by atoms with van der Waals surface area (Å²) in [7, 11) is 1.85. The van der Waals surface area contributed by atoms with E-state index in [-0.39, 0.29) is 17.3 Å². The summed E-state index contributed by atoms with van der Waals surface area (Å²) < 4.78 is 7.39. The number of carbonyl (C=O) groups excluding carboxylic acids is 1. The number of hydrogen-bond acceptors (Lipinski definition) is 10. The average Bonchev–Trinajstić information content (AvgIpc) is 3.52. The fraction of sp³-hybridized carbons (Fsp3) is 0.429. The first kappa shape index (κ1) is 27.4. The number of aryl methyl sites for hydroxylation is 1. The second-order valence-corrected chi connectivity index (χ2v) is 11.3. The third-order valence-corrected chi connectivity index (χ3v) is 6.66. The number of fused-ring (bicyclic) bond motifs is 1. The lowest BCUT2D eigenvalue weighted by atomic mass is 9.96. The molecule has 5 rings (SSSR count). The van der Waals surface area contributed by atoms with E-state index in [4.69, 9.17) is 9.40 Å². The molecule has 1 amide bonds. The van der Waals surface area contributed by atoms with Gasteiger partial charge in [0.2, 0.25) is 11.8 Å². The van der Waals surface area contributed by atoms with Crippen molar-refractivity contribution in [3.8, 4) is 11.3 Å². The number of nitrogens with one attached hydrogen (secondary N) is 2. The Bertz CT molecular complexity index is 1490. The van der Waals surface area contributed by atoms with Gasteiger partial charge in [-0.05, 0) is 36.6 Å². The van der Waals surface area contributed by atoms with Gasteiger partial charge in [0, 0.05) is 50.1 Å². The van der Waals surface area contributed by atoms with E-state index in [9.17, 15) is 9.90 Å². The molecule has 40 heavy (non-hydrogen) atoms. The van der Waals surface area contributed by atoms with Crippen LogP contribution in [0, 0.1) is 0 Å². The molecule has 4 heterocycles. The zero-order chi connectivity index (χ0) is 28.4. The number of amides is 1. The van der Waals surface area contributed by atoms with Gasteiger partial charge in [-0.2, -0.15) is 5.10 Å². The Morgan fingerprint density at radius 1 is 1.25 bits per heavy atom. The minimum absolute atomic E-state index is 0.0657. The zero-order valence-electron chi connectivity index (χ0n) is 23.4. The van der Waals surface area contributed by atoms with Crippen molar-refractivity contribution >= 4 is 17.5 Å². The summed E-state index contributed by atoms with van der Waals surface area (Å²) in [5.41, 5.74) is 4.25. The molecular weight excluding hydrogens is 510 g/mol. The van der Waals surface area contributed by atoms with E-state index in [2.05, 4.69) is 41.9 Å². The van der Waals surface area contributed by atoms with E-state index in [0.29, 0.717) is 24.9 Å². The van der Waals surface area contributed by atoms with Gasteiger partial charge < -0.3 is 20.2 Å². The Morgan fingerprint density at radius 2 is 2.08 bits per heavy atom. The molecule has 1 aliphatic rings. The molecule has 0 bridgehead atoms. The normalized spacial score (nSPS) is 16.7. The third-order valence-electron chi connectivity index (χ3n) is 6.66. The Balaban J connectivity index is 1.41. The number of nitrogens with zero attached hydrogens (tertiary/aromatic N) is 7. The highest BCUT2D eigenvalue weighted by atomic mass is 16.4. The summed E-state index contributed by atoms with van der Waals surface area (Å²) in [5.74, 6) is 0.386. The average molecular weight is 546 g/mol. The Morgan fingerprint density at radius 3 is 2.77 bits per heavy atom. The van der Waals surface area contributed by atoms with Crippen molar-refractivity contribution < 1.29 is 14.3 Å². The van der Waals surface area contributed by atoms with Crippen molar-refractivity contribution in [1.82, 2.24) is 40.2 Å². The number of aromatic nitrogens is 6. The minimum atomic E-state index is -0.495. The van der Waals surface area contributed by atoms with Crippen LogP contribution in [0.3, 0.4) is 0 Å². The molecule has 3 aromatic heterocycles. The molecule has 1 unspecified atom stereocenters. The highest BCUT2D eigenvalue weighted by molar-refractivity contribution is 5.89. The molecule has 0 spiro atoms. The predicted molar refractivity (Wildman–Crippen MR) is 149 cm³/mol. The SMILES string of the molecule is C[C@@H](O)CN1CCc2cc(-c3ccnc(Nc4cnn(C)c4)n3)ccc2C(NC(=O)c2nnc(C(C)(C)C)o2)C1. The highest BCUT2D eigenvalue weighted by Crippen LogP contribution is 2.30. The number of rotatable bonds is 7. The number of benzene rings is 1. The molecule has 12 nitrogen and oxygen atoms in total. The highest BCUT2D eigenvalue weighted by Gasteiger charge is 2.29. The lowest BCUT2D eigenvalue weighted by Gasteiger charge is -2.26. The Kier molecular flexibility index (Phi) is 7.63. The van der Waals surface area contributed by atoms with Gasteiger partial charge in [0.05, 0.1) is 29.7 Å². The molecule has 0 saturated heterocycles. The summed E-state index contributed by atoms with van der Waals surface area (Å²) >= 11 is 0. The molecule has 1 aromatic carbocycles. The van der Waals surface area contributed by atoms with E-state index >= 15 is 0 Å². The fourth-order valence-corrected chi connectivity index (χ4v) is 4.74. The van der Waals surface area contributed by atoms with Crippen LogP contribution in [-0.2, 0) is 18.9 Å². The molecule has 4 aromatic rings. The van der Waals surface area contributed by atoms with Crippen LogP contribution >= 0.6 is 0 Å². The second-order valence-electron chi connectivity index (χ2n) is 11.3. The van der Waals surface area contributed by atoms with Crippen molar-refractivity contribution in [2.24, 2.45) is 7.05 Å². The number of anilines is 2. The maximum absolute atomic E-state index is 13.2. The number of aliphatic hydroxyl groups is 1. The summed E-state index contributed by atoms with van der Waals surface area (Å²) in [6.07, 6.45) is 5.54. The van der Waals surface area contributed by atoms with Gasteiger partial charge in [-0.3, -0.25) is 14.4 Å². The lowest BCUT2D eigenvalue weighted by molar-refractivity contribution is 0.0871. The number of hydrogen-bond donors (Lipinski definition) is 3. The van der Waals surface area contributed by atoms with E-state index in [0.717, 1.165) is 41.0 Å². The van der Waals surface area contributed by atoms with E-state index in [1.165, 1.54) is 0 Å². The van der Waals surface area contributed by atoms with Crippen molar-refractivity contribution in [2.75, 3.05) is 25.0 Å². The summed E-state index contributed by atoms with van der Waals surface area (Å²) in [4.78, 5) is 24.4. The van der Waals surface area contributed by atoms with Crippen molar-refractivity contribution in [3.63, 3.8) is 0 Å². The van der Waals surface area contributed by atoms with Crippen LogP contribution in [0.15, 0.2) is 47.3 Å². The number of carbonyl (C=O) groups is 1. The van der Waals surface area contributed by atoms with Gasteiger partial charge in [0.25, 0.3) is 0 Å². The monoisotopic (exact) mass is 545 g/mol. The molecule has 210 valence electrons. The first-order valence-corrected chi connectivity index (χ1v) is 13.3. The summed E-state index contributed by atoms with van der Waals surface area (Å²) in [5, 5.41) is 28.6. The quantitative estimate of drug-likeness (QED) is 0.317. The topological polar surface area (TPSA) is 147 Å². The standard InChI is InChI=1S/C28H35N9O3/c1-17(38)14-37-11-9-18-12-19(22-8-10-29-27(33-22)31-20-13-30-36(5)15-20)6-7-21(18)23(16-37)32-24(39)25-34-35-26(40-25)28(2,3)4/h6-8,10,12-13,15,17,23,38H,9,11,14,16H2,1-5H3,(H,32,39)(H,29,31,33)/t17-,23?/m1/s1. The van der Waals surface area contributed by atoms with E-state index in [1.54, 1.807) is 24.0 Å². The molecule has 0 fully saturated rings. The molecule has 3 N–H and O–H groups in total. The van der Waals surface area contributed by atoms with Crippen LogP contribution < -0.4 is 10.6 Å². The van der Waals surface area contributed by atoms with E-state index in [1.807, 2.05) is 52.2 Å². The zero-order valence-corrected chi connectivity index (χ0v) is 23.4. The lowest BCUT2D eigenvalue weighted by Crippen LogP contribution is -2.40. The van der Waals surface area contributed by atoms with Crippen LogP contribution in [0.5, 0.6) is 0 Å². The van der Waals surface area contributed by atoms with Crippen LogP contribution in [0.1, 0.15) is 61.4 Å². The van der Waals surface area contributed by atoms with E-state index < -0.39 is 12.0 Å². The molecular formula is C28H35N9O3. The van der Waals surface area contributed by atoms with Gasteiger partial charge >= 0.3 is 11.8 Å². The molecule has 12 heteroatoms. The van der Waals surface area contributed by atoms with Crippen molar-refractivity contribution in [3.05, 3.63) is 65.8 Å². The van der Waals surface area contributed by atoms with Gasteiger partial charge in [-0.1, -0.05) is 32.9 Å². The molecule has 0 aliphatic carbocycles. The van der Waals surface area contributed by atoms with Gasteiger partial charge in [0.15, 0.2) is 0 Å². The van der Waals surface area contributed by atoms with Crippen LogP contribution in [0.25, 0.3) is 11.3 Å². The maximum Gasteiger partial charge on any atom is 0.309 e. The van der Waals surface area contributed by atoms with Crippen LogP contribution in [-0.4, -0.2) is 71.6 Å². The number of β-amino-alcohol motifs (C(OH)–C–C–N with tert-alkyl or cyclic N) is 1. The smallest absolute Gasteiger partial charge is 0.309 e. The molecule has 0 saturated carbocycles. The third kappa shape index (κ3) is 6.35.